The van der Waals surface area contributed by atoms with Crippen molar-refractivity contribution in [2.24, 2.45) is 23.5 Å². The predicted molar refractivity (Wildman–Crippen MR) is 183 cm³/mol. The van der Waals surface area contributed by atoms with Gasteiger partial charge in [-0.25, -0.2) is 0 Å². The molecule has 0 radical (unpaired) electrons. The lowest BCUT2D eigenvalue weighted by Crippen LogP contribution is -2.55. The highest BCUT2D eigenvalue weighted by molar-refractivity contribution is 5.87. The van der Waals surface area contributed by atoms with Crippen molar-refractivity contribution in [3.05, 3.63) is 0 Å². The van der Waals surface area contributed by atoms with E-state index in [0.29, 0.717) is 6.54 Å². The van der Waals surface area contributed by atoms with Crippen LogP contribution >= 0.6 is 0 Å². The molecule has 11 heteroatoms. The molecule has 266 valence electrons. The molecule has 3 N–H and O–H groups in total. The number of hydrogen-bond donors (Lipinski definition) is 2. The molecule has 0 aliphatic carbocycles. The normalized spacial score (nSPS) is 18.4. The predicted octanol–water partition coefficient (Wildman–Crippen LogP) is 3.93. The summed E-state index contributed by atoms with van der Waals surface area (Å²) < 4.78 is 11.4. The number of nitrogens with two attached hydrogens (primary N) is 1. The van der Waals surface area contributed by atoms with Crippen LogP contribution in [0.4, 0.5) is 0 Å². The summed E-state index contributed by atoms with van der Waals surface area (Å²) in [5, 5.41) is 2.79. The molecule has 1 rings (SSSR count). The SMILES string of the molecule is CCC.CCC.CCC(C)C(C(CC(=O)N1CCCC1C(OC)C(C)C(N)=O)OC)N(C)C(=O)CNC(=O)C(C(C)C)N(C)C. The zero-order chi connectivity index (χ0) is 35.4. The van der Waals surface area contributed by atoms with Crippen molar-refractivity contribution >= 4 is 23.6 Å². The maximum atomic E-state index is 13.6. The summed E-state index contributed by atoms with van der Waals surface area (Å²) in [4.78, 5) is 56.6. The van der Waals surface area contributed by atoms with Crippen LogP contribution in [0.25, 0.3) is 0 Å². The molecule has 0 saturated carbocycles. The number of likely N-dealkylation sites (tertiary alicyclic amines) is 1. The lowest BCUT2D eigenvalue weighted by molar-refractivity contribution is -0.145. The van der Waals surface area contributed by atoms with Crippen molar-refractivity contribution in [1.82, 2.24) is 20.0 Å². The molecule has 1 heterocycles. The Morgan fingerprint density at radius 3 is 1.87 bits per heavy atom. The van der Waals surface area contributed by atoms with Gasteiger partial charge in [0.15, 0.2) is 0 Å². The van der Waals surface area contributed by atoms with Crippen LogP contribution in [0.2, 0.25) is 0 Å². The summed E-state index contributed by atoms with van der Waals surface area (Å²) in [6.07, 6.45) is 3.81. The summed E-state index contributed by atoms with van der Waals surface area (Å²) in [5.41, 5.74) is 5.53. The molecule has 1 fully saturated rings. The van der Waals surface area contributed by atoms with Crippen LogP contribution in [0.15, 0.2) is 0 Å². The van der Waals surface area contributed by atoms with Gasteiger partial charge in [-0.05, 0) is 38.8 Å². The van der Waals surface area contributed by atoms with Crippen LogP contribution < -0.4 is 11.1 Å². The molecule has 1 aliphatic heterocycles. The summed E-state index contributed by atoms with van der Waals surface area (Å²) >= 11 is 0. The third-order valence-corrected chi connectivity index (χ3v) is 8.21. The molecule has 0 aromatic heterocycles. The lowest BCUT2D eigenvalue weighted by atomic mass is 9.90. The van der Waals surface area contributed by atoms with E-state index in [1.807, 2.05) is 46.7 Å². The second-order valence-corrected chi connectivity index (χ2v) is 12.8. The minimum absolute atomic E-state index is 0.0357. The van der Waals surface area contributed by atoms with E-state index >= 15 is 0 Å². The average molecular weight is 644 g/mol. The first kappa shape index (κ1) is 44.9. The number of nitrogens with zero attached hydrogens (tertiary/aromatic N) is 3. The van der Waals surface area contributed by atoms with Gasteiger partial charge in [-0.15, -0.1) is 0 Å². The van der Waals surface area contributed by atoms with Gasteiger partial charge < -0.3 is 30.3 Å². The number of likely N-dealkylation sites (N-methyl/N-ethyl adjacent to an activating group) is 2. The van der Waals surface area contributed by atoms with Gasteiger partial charge >= 0.3 is 0 Å². The van der Waals surface area contributed by atoms with Gasteiger partial charge in [0.1, 0.15) is 0 Å². The quantitative estimate of drug-likeness (QED) is 0.260. The Morgan fingerprint density at radius 2 is 1.47 bits per heavy atom. The van der Waals surface area contributed by atoms with Crippen LogP contribution in [-0.2, 0) is 28.7 Å². The van der Waals surface area contributed by atoms with Gasteiger partial charge in [0.25, 0.3) is 0 Å². The van der Waals surface area contributed by atoms with Gasteiger partial charge in [-0.1, -0.05) is 81.6 Å². The molecule has 0 bridgehead atoms. The zero-order valence-electron chi connectivity index (χ0n) is 31.1. The lowest BCUT2D eigenvalue weighted by Gasteiger charge is -2.39. The maximum Gasteiger partial charge on any atom is 0.242 e. The molecule has 7 atom stereocenters. The topological polar surface area (TPSA) is 135 Å². The molecule has 0 aromatic rings. The van der Waals surface area contributed by atoms with Crippen molar-refractivity contribution in [1.29, 1.82) is 0 Å². The van der Waals surface area contributed by atoms with Crippen molar-refractivity contribution in [2.75, 3.05) is 48.5 Å². The Labute approximate surface area is 275 Å². The minimum atomic E-state index is -0.557. The number of amides is 4. The number of hydrogen-bond acceptors (Lipinski definition) is 7. The number of rotatable bonds is 16. The van der Waals surface area contributed by atoms with E-state index in [0.717, 1.165) is 19.3 Å². The van der Waals surface area contributed by atoms with Crippen molar-refractivity contribution in [3.63, 3.8) is 0 Å². The van der Waals surface area contributed by atoms with Crippen LogP contribution in [0.1, 0.15) is 101 Å². The van der Waals surface area contributed by atoms with Crippen LogP contribution in [0, 0.1) is 17.8 Å². The van der Waals surface area contributed by atoms with E-state index in [4.69, 9.17) is 15.2 Å². The third-order valence-electron chi connectivity index (χ3n) is 8.21. The van der Waals surface area contributed by atoms with Gasteiger partial charge in [-0.3, -0.25) is 24.1 Å². The molecule has 1 saturated heterocycles. The molecule has 11 nitrogen and oxygen atoms in total. The summed E-state index contributed by atoms with van der Waals surface area (Å²) in [6.45, 7) is 18.6. The highest BCUT2D eigenvalue weighted by Gasteiger charge is 2.41. The third kappa shape index (κ3) is 14.8. The zero-order valence-corrected chi connectivity index (χ0v) is 31.1. The smallest absolute Gasteiger partial charge is 0.242 e. The van der Waals surface area contributed by atoms with Crippen LogP contribution in [0.5, 0.6) is 0 Å². The minimum Gasteiger partial charge on any atom is -0.379 e. The fourth-order valence-electron chi connectivity index (χ4n) is 5.86. The standard InChI is InChI=1S/C28H53N5O6.2C3H8/c1-11-18(4)25(32(8)23(35)16-30-28(37)24(17(2)3)31(6)7)21(38-9)15-22(34)33-14-12-13-20(33)26(39-10)19(5)27(29)36;2*1-3-2/h17-21,24-26H,11-16H2,1-10H3,(H2,29,36)(H,30,37);2*3H2,1-2H3. The van der Waals surface area contributed by atoms with Crippen LogP contribution in [-0.4, -0.2) is 117 Å². The largest absolute Gasteiger partial charge is 0.379 e. The van der Waals surface area contributed by atoms with Gasteiger partial charge in [-0.2, -0.15) is 0 Å². The van der Waals surface area contributed by atoms with Crippen molar-refractivity contribution in [2.45, 2.75) is 131 Å². The number of carbonyl (C=O) groups is 4. The number of ether oxygens (including phenoxy) is 2. The van der Waals surface area contributed by atoms with Crippen molar-refractivity contribution < 1.29 is 28.7 Å². The average Bonchev–Trinajstić information content (AvgIpc) is 3.45. The number of primary amides is 1. The Kier molecular flexibility index (Phi) is 23.9. The molecule has 0 aromatic carbocycles. The van der Waals surface area contributed by atoms with E-state index in [2.05, 4.69) is 33.0 Å². The van der Waals surface area contributed by atoms with Gasteiger partial charge in [0, 0.05) is 27.8 Å². The molecule has 7 unspecified atom stereocenters. The summed E-state index contributed by atoms with van der Waals surface area (Å²) in [6, 6.07) is -0.990. The van der Waals surface area contributed by atoms with Gasteiger partial charge in [0.2, 0.25) is 23.6 Å². The van der Waals surface area contributed by atoms with E-state index < -0.39 is 24.0 Å². The molecular formula is C34H69N5O6. The second-order valence-electron chi connectivity index (χ2n) is 12.8. The first-order valence-electron chi connectivity index (χ1n) is 16.9. The van der Waals surface area contributed by atoms with Crippen LogP contribution in [0.3, 0.4) is 0 Å². The highest BCUT2D eigenvalue weighted by Crippen LogP contribution is 2.29. The first-order valence-corrected chi connectivity index (χ1v) is 16.9. The Hall–Kier alpha value is -2.24. The van der Waals surface area contributed by atoms with E-state index in [1.54, 1.807) is 30.9 Å². The Morgan fingerprint density at radius 1 is 0.933 bits per heavy atom. The molecule has 4 amide bonds. The molecular weight excluding hydrogens is 574 g/mol. The molecule has 45 heavy (non-hydrogen) atoms. The van der Waals surface area contributed by atoms with E-state index in [1.165, 1.54) is 20.0 Å². The number of methoxy groups -OCH3 is 2. The summed E-state index contributed by atoms with van der Waals surface area (Å²) in [5.74, 6) is -1.45. The maximum absolute atomic E-state index is 13.6. The van der Waals surface area contributed by atoms with Gasteiger partial charge in [0.05, 0.1) is 49.2 Å². The Balaban J connectivity index is 0. The fraction of sp³-hybridized carbons (Fsp3) is 0.882. The summed E-state index contributed by atoms with van der Waals surface area (Å²) in [7, 11) is 8.45. The molecule has 1 aliphatic rings. The second kappa shape index (κ2) is 24.0. The van der Waals surface area contributed by atoms with E-state index in [9.17, 15) is 19.2 Å². The number of carbonyl (C=O) groups excluding carboxylic acids is 4. The van der Waals surface area contributed by atoms with E-state index in [-0.39, 0.29) is 60.6 Å². The monoisotopic (exact) mass is 644 g/mol. The molecule has 0 spiro atoms. The van der Waals surface area contributed by atoms with Crippen molar-refractivity contribution in [3.8, 4) is 0 Å². The Bertz CT molecular complexity index is 845. The number of nitrogens with one attached hydrogen (secondary N) is 1. The first-order chi connectivity index (χ1) is 21.1. The fourth-order valence-corrected chi connectivity index (χ4v) is 5.86. The highest BCUT2D eigenvalue weighted by atomic mass is 16.5.